The lowest BCUT2D eigenvalue weighted by molar-refractivity contribution is 0.292. The number of anilines is 2. The van der Waals surface area contributed by atoms with Crippen LogP contribution in [0, 0.1) is 0 Å². The molecule has 6 rings (SSSR count). The van der Waals surface area contributed by atoms with E-state index in [1.165, 1.54) is 47.7 Å². The first-order valence-corrected chi connectivity index (χ1v) is 15.6. The summed E-state index contributed by atoms with van der Waals surface area (Å²) in [6, 6.07) is 20.7. The molecular weight excluding hydrogens is 570 g/mol. The van der Waals surface area contributed by atoms with Crippen LogP contribution in [0.5, 0.6) is 0 Å². The van der Waals surface area contributed by atoms with Gasteiger partial charge in [-0.3, -0.25) is 0 Å². The zero-order valence-electron chi connectivity index (χ0n) is 22.7. The van der Waals surface area contributed by atoms with Crippen molar-refractivity contribution in [1.29, 1.82) is 0 Å². The van der Waals surface area contributed by atoms with Gasteiger partial charge in [0.1, 0.15) is 10.8 Å². The largest absolute Gasteiger partial charge is 0.361 e. The van der Waals surface area contributed by atoms with E-state index in [4.69, 9.17) is 33.8 Å². The zero-order chi connectivity index (χ0) is 28.1. The van der Waals surface area contributed by atoms with Crippen molar-refractivity contribution >= 4 is 52.5 Å². The summed E-state index contributed by atoms with van der Waals surface area (Å²) in [7, 11) is 0. The predicted octanol–water partition coefficient (Wildman–Crippen LogP) is 6.82. The summed E-state index contributed by atoms with van der Waals surface area (Å²) in [6.07, 6.45) is 10.4. The SMILES string of the molecule is S=C(NCC1(c2ccc(Cl)cc2)CCCCC1)Nc1nc(Sc2ncccn2)cc(N2CCc3ccccc3C2)n1. The van der Waals surface area contributed by atoms with Crippen LogP contribution in [0.15, 0.2) is 83.2 Å². The number of nitrogens with one attached hydrogen (secondary N) is 2. The van der Waals surface area contributed by atoms with Crippen molar-refractivity contribution in [3.63, 3.8) is 0 Å². The molecule has 210 valence electrons. The van der Waals surface area contributed by atoms with E-state index in [1.807, 2.05) is 18.2 Å². The Hall–Kier alpha value is -3.27. The van der Waals surface area contributed by atoms with Gasteiger partial charge < -0.3 is 15.5 Å². The van der Waals surface area contributed by atoms with Gasteiger partial charge in [-0.2, -0.15) is 4.98 Å². The molecule has 1 saturated carbocycles. The van der Waals surface area contributed by atoms with Crippen molar-refractivity contribution < 1.29 is 0 Å². The number of halogens is 1. The quantitative estimate of drug-likeness (QED) is 0.135. The van der Waals surface area contributed by atoms with E-state index < -0.39 is 0 Å². The molecule has 0 bridgehead atoms. The normalized spacial score (nSPS) is 16.1. The summed E-state index contributed by atoms with van der Waals surface area (Å²) in [6.45, 7) is 2.42. The predicted molar refractivity (Wildman–Crippen MR) is 170 cm³/mol. The maximum Gasteiger partial charge on any atom is 0.232 e. The third kappa shape index (κ3) is 6.80. The van der Waals surface area contributed by atoms with Crippen molar-refractivity contribution in [1.82, 2.24) is 25.3 Å². The standard InChI is InChI=1S/C31H32ClN7S2/c32-25-11-9-24(10-12-25)31(14-4-1-5-15-31)21-35-29(40)38-28-36-26(19-27(37-28)41-30-33-16-6-17-34-30)39-18-13-22-7-2-3-8-23(22)20-39/h2-3,6-12,16-17,19H,1,4-5,13-15,18,20-21H2,(H2,35,36,37,38,40). The lowest BCUT2D eigenvalue weighted by Gasteiger charge is -2.38. The lowest BCUT2D eigenvalue weighted by Crippen LogP contribution is -2.43. The fourth-order valence-electron chi connectivity index (χ4n) is 5.80. The molecule has 0 radical (unpaired) electrons. The van der Waals surface area contributed by atoms with Crippen LogP contribution in [0.1, 0.15) is 48.8 Å². The number of hydrogen-bond acceptors (Lipinski definition) is 7. The monoisotopic (exact) mass is 601 g/mol. The van der Waals surface area contributed by atoms with Crippen molar-refractivity contribution in [2.45, 2.75) is 60.7 Å². The maximum atomic E-state index is 6.20. The molecule has 3 heterocycles. The van der Waals surface area contributed by atoms with Crippen LogP contribution < -0.4 is 15.5 Å². The van der Waals surface area contributed by atoms with Crippen LogP contribution >= 0.6 is 35.6 Å². The average molecular weight is 602 g/mol. The van der Waals surface area contributed by atoms with Crippen molar-refractivity contribution in [2.75, 3.05) is 23.3 Å². The van der Waals surface area contributed by atoms with Crippen LogP contribution in [0.25, 0.3) is 0 Å². The number of fused-ring (bicyclic) bond motifs is 1. The summed E-state index contributed by atoms with van der Waals surface area (Å²) in [5.41, 5.74) is 4.04. The number of hydrogen-bond donors (Lipinski definition) is 2. The van der Waals surface area contributed by atoms with Crippen molar-refractivity contribution in [3.05, 3.63) is 94.8 Å². The number of benzene rings is 2. The van der Waals surface area contributed by atoms with Gasteiger partial charge in [0, 0.05) is 48.5 Å². The Morgan fingerprint density at radius 3 is 2.49 bits per heavy atom. The highest BCUT2D eigenvalue weighted by Gasteiger charge is 2.34. The molecule has 0 atom stereocenters. The third-order valence-electron chi connectivity index (χ3n) is 7.96. The van der Waals surface area contributed by atoms with E-state index in [0.717, 1.165) is 54.8 Å². The molecule has 2 aliphatic rings. The summed E-state index contributed by atoms with van der Waals surface area (Å²) < 4.78 is 0. The number of rotatable bonds is 7. The van der Waals surface area contributed by atoms with E-state index in [0.29, 0.717) is 16.2 Å². The summed E-state index contributed by atoms with van der Waals surface area (Å²) in [5, 5.41) is 9.44. The molecule has 0 unspecified atom stereocenters. The average Bonchev–Trinajstić information content (AvgIpc) is 3.01. The topological polar surface area (TPSA) is 78.9 Å². The highest BCUT2D eigenvalue weighted by atomic mass is 35.5. The van der Waals surface area contributed by atoms with Gasteiger partial charge in [0.15, 0.2) is 10.3 Å². The van der Waals surface area contributed by atoms with Crippen LogP contribution in [-0.2, 0) is 18.4 Å². The number of aromatic nitrogens is 4. The Morgan fingerprint density at radius 1 is 0.951 bits per heavy atom. The Labute approximate surface area is 255 Å². The molecule has 1 aliphatic heterocycles. The first kappa shape index (κ1) is 27.9. The fourth-order valence-corrected chi connectivity index (χ4v) is 6.80. The second-order valence-corrected chi connectivity index (χ2v) is 12.4. The Bertz CT molecular complexity index is 1490. The smallest absolute Gasteiger partial charge is 0.232 e. The van der Waals surface area contributed by atoms with E-state index >= 15 is 0 Å². The second-order valence-electron chi connectivity index (χ2n) is 10.6. The molecule has 7 nitrogen and oxygen atoms in total. The van der Waals surface area contributed by atoms with Gasteiger partial charge in [0.05, 0.1) is 0 Å². The van der Waals surface area contributed by atoms with Gasteiger partial charge in [-0.05, 0) is 78.1 Å². The molecule has 0 amide bonds. The minimum absolute atomic E-state index is 0.0180. The summed E-state index contributed by atoms with van der Waals surface area (Å²) in [4.78, 5) is 20.7. The van der Waals surface area contributed by atoms with Crippen LogP contribution in [-0.4, -0.2) is 38.1 Å². The van der Waals surface area contributed by atoms with Gasteiger partial charge >= 0.3 is 0 Å². The van der Waals surface area contributed by atoms with Gasteiger partial charge in [0.25, 0.3) is 0 Å². The first-order chi connectivity index (χ1) is 20.1. The minimum Gasteiger partial charge on any atom is -0.361 e. The third-order valence-corrected chi connectivity index (χ3v) is 9.27. The molecule has 0 saturated heterocycles. The zero-order valence-corrected chi connectivity index (χ0v) is 25.1. The van der Waals surface area contributed by atoms with Gasteiger partial charge in [-0.25, -0.2) is 15.0 Å². The maximum absolute atomic E-state index is 6.20. The van der Waals surface area contributed by atoms with Crippen LogP contribution in [0.2, 0.25) is 5.02 Å². The molecule has 2 aromatic heterocycles. The lowest BCUT2D eigenvalue weighted by atomic mass is 9.69. The Balaban J connectivity index is 1.21. The van der Waals surface area contributed by atoms with Gasteiger partial charge in [0.2, 0.25) is 5.95 Å². The first-order valence-electron chi connectivity index (χ1n) is 14.0. The van der Waals surface area contributed by atoms with E-state index in [-0.39, 0.29) is 5.41 Å². The summed E-state index contributed by atoms with van der Waals surface area (Å²) in [5.74, 6) is 1.31. The second kappa shape index (κ2) is 12.7. The molecule has 1 aliphatic carbocycles. The molecule has 1 fully saturated rings. The fraction of sp³-hybridized carbons (Fsp3) is 0.323. The minimum atomic E-state index is 0.0180. The Kier molecular flexibility index (Phi) is 8.64. The molecule has 4 aromatic rings. The number of nitrogens with zero attached hydrogens (tertiary/aromatic N) is 5. The summed E-state index contributed by atoms with van der Waals surface area (Å²) >= 11 is 13.4. The highest BCUT2D eigenvalue weighted by Crippen LogP contribution is 2.39. The van der Waals surface area contributed by atoms with E-state index in [2.05, 4.69) is 61.9 Å². The van der Waals surface area contributed by atoms with Crippen LogP contribution in [0.4, 0.5) is 11.8 Å². The van der Waals surface area contributed by atoms with Gasteiger partial charge in [-0.15, -0.1) is 0 Å². The molecule has 10 heteroatoms. The van der Waals surface area contributed by atoms with E-state index in [9.17, 15) is 0 Å². The van der Waals surface area contributed by atoms with Gasteiger partial charge in [-0.1, -0.05) is 67.3 Å². The van der Waals surface area contributed by atoms with Crippen molar-refractivity contribution in [2.24, 2.45) is 0 Å². The molecular formula is C31H32ClN7S2. The number of thiocarbonyl (C=S) groups is 1. The van der Waals surface area contributed by atoms with Crippen LogP contribution in [0.3, 0.4) is 0 Å². The molecule has 2 aromatic carbocycles. The van der Waals surface area contributed by atoms with Crippen molar-refractivity contribution in [3.8, 4) is 0 Å². The molecule has 0 spiro atoms. The molecule has 2 N–H and O–H groups in total. The Morgan fingerprint density at radius 2 is 1.71 bits per heavy atom. The van der Waals surface area contributed by atoms with E-state index in [1.54, 1.807) is 18.5 Å². The highest BCUT2D eigenvalue weighted by molar-refractivity contribution is 7.99. The molecule has 41 heavy (non-hydrogen) atoms.